The van der Waals surface area contributed by atoms with Crippen molar-refractivity contribution >= 4 is 45.6 Å². The van der Waals surface area contributed by atoms with E-state index in [0.29, 0.717) is 32.2 Å². The molecule has 170 valence electrons. The summed E-state index contributed by atoms with van der Waals surface area (Å²) in [5.41, 5.74) is 1.44. The smallest absolute Gasteiger partial charge is 0.387 e. The van der Waals surface area contributed by atoms with Crippen molar-refractivity contribution in [3.8, 4) is 22.8 Å². The van der Waals surface area contributed by atoms with E-state index >= 15 is 0 Å². The predicted octanol–water partition coefficient (Wildman–Crippen LogP) is 6.20. The van der Waals surface area contributed by atoms with Gasteiger partial charge in [0.05, 0.1) is 10.7 Å². The number of ether oxygens (including phenoxy) is 2. The Bertz CT molecular complexity index is 1260. The van der Waals surface area contributed by atoms with E-state index in [0.717, 1.165) is 0 Å². The van der Waals surface area contributed by atoms with Crippen LogP contribution in [0.4, 0.5) is 13.9 Å². The van der Waals surface area contributed by atoms with Crippen molar-refractivity contribution in [1.29, 1.82) is 0 Å². The molecule has 12 heteroatoms. The number of anilines is 1. The monoisotopic (exact) mass is 510 g/mol. The highest BCUT2D eigenvalue weighted by Gasteiger charge is 2.14. The molecule has 2 heterocycles. The minimum atomic E-state index is -2.89. The van der Waals surface area contributed by atoms with Crippen LogP contribution in [-0.2, 0) is 6.73 Å². The summed E-state index contributed by atoms with van der Waals surface area (Å²) in [6, 6.07) is 12.4. The molecule has 0 unspecified atom stereocenters. The number of halogens is 4. The minimum absolute atomic E-state index is 0.0430. The molecule has 0 aliphatic carbocycles. The first-order valence-corrected chi connectivity index (χ1v) is 10.9. The third-order valence-corrected chi connectivity index (χ3v) is 5.51. The molecule has 0 saturated heterocycles. The molecule has 0 atom stereocenters. The molecule has 1 amide bonds. The number of thiazole rings is 1. The molecule has 0 radical (unpaired) electrons. The summed E-state index contributed by atoms with van der Waals surface area (Å²) in [5.74, 6) is 0.0435. The highest BCUT2D eigenvalue weighted by molar-refractivity contribution is 7.14. The van der Waals surface area contributed by atoms with Gasteiger partial charge in [-0.2, -0.15) is 13.9 Å². The van der Waals surface area contributed by atoms with Crippen molar-refractivity contribution < 1.29 is 23.0 Å². The van der Waals surface area contributed by atoms with Gasteiger partial charge in [0, 0.05) is 22.2 Å². The second-order valence-corrected chi connectivity index (χ2v) is 8.19. The van der Waals surface area contributed by atoms with Crippen LogP contribution in [-0.4, -0.2) is 27.3 Å². The second-order valence-electron chi connectivity index (χ2n) is 6.48. The van der Waals surface area contributed by atoms with Crippen LogP contribution in [0.3, 0.4) is 0 Å². The van der Waals surface area contributed by atoms with E-state index in [2.05, 4.69) is 20.1 Å². The first-order chi connectivity index (χ1) is 15.9. The number of nitrogens with one attached hydrogen (secondary N) is 1. The van der Waals surface area contributed by atoms with Crippen LogP contribution >= 0.6 is 34.5 Å². The van der Waals surface area contributed by atoms with Crippen LogP contribution in [0.1, 0.15) is 10.5 Å². The number of aromatic nitrogens is 3. The van der Waals surface area contributed by atoms with Gasteiger partial charge in [-0.15, -0.1) is 11.3 Å². The lowest BCUT2D eigenvalue weighted by atomic mass is 10.2. The Balaban J connectivity index is 1.35. The zero-order valence-electron chi connectivity index (χ0n) is 16.5. The maximum atomic E-state index is 12.5. The van der Waals surface area contributed by atoms with E-state index in [4.69, 9.17) is 27.9 Å². The van der Waals surface area contributed by atoms with Gasteiger partial charge in [-0.1, -0.05) is 23.2 Å². The van der Waals surface area contributed by atoms with Crippen molar-refractivity contribution in [3.63, 3.8) is 0 Å². The Morgan fingerprint density at radius 1 is 1.15 bits per heavy atom. The number of carbonyl (C=O) groups is 1. The van der Waals surface area contributed by atoms with Crippen LogP contribution in [0, 0.1) is 0 Å². The Morgan fingerprint density at radius 3 is 2.67 bits per heavy atom. The number of carbonyl (C=O) groups excluding carboxylic acids is 1. The van der Waals surface area contributed by atoms with Gasteiger partial charge >= 0.3 is 6.61 Å². The molecule has 1 N–H and O–H groups in total. The molecule has 0 spiro atoms. The predicted molar refractivity (Wildman–Crippen MR) is 121 cm³/mol. The third-order valence-electron chi connectivity index (χ3n) is 4.22. The maximum absolute atomic E-state index is 12.5. The normalized spacial score (nSPS) is 10.9. The number of nitrogens with zero attached hydrogens (tertiary/aromatic N) is 3. The van der Waals surface area contributed by atoms with E-state index in [1.165, 1.54) is 28.2 Å². The molecule has 0 saturated carbocycles. The lowest BCUT2D eigenvalue weighted by Gasteiger charge is -2.08. The van der Waals surface area contributed by atoms with Crippen molar-refractivity contribution in [1.82, 2.24) is 14.8 Å². The summed E-state index contributed by atoms with van der Waals surface area (Å²) in [7, 11) is 0. The molecule has 0 bridgehead atoms. The Hall–Kier alpha value is -3.21. The van der Waals surface area contributed by atoms with Gasteiger partial charge in [0.1, 0.15) is 11.5 Å². The van der Waals surface area contributed by atoms with E-state index < -0.39 is 12.5 Å². The van der Waals surface area contributed by atoms with Crippen molar-refractivity contribution in [2.45, 2.75) is 13.3 Å². The Morgan fingerprint density at radius 2 is 1.94 bits per heavy atom. The second kappa shape index (κ2) is 10.2. The van der Waals surface area contributed by atoms with Gasteiger partial charge < -0.3 is 9.47 Å². The molecule has 2 aromatic heterocycles. The first-order valence-electron chi connectivity index (χ1n) is 9.31. The van der Waals surface area contributed by atoms with Gasteiger partial charge in [0.15, 0.2) is 17.6 Å². The molecule has 2 aromatic carbocycles. The van der Waals surface area contributed by atoms with E-state index in [1.54, 1.807) is 48.0 Å². The number of alkyl halides is 2. The van der Waals surface area contributed by atoms with E-state index in [-0.39, 0.29) is 18.2 Å². The average molecular weight is 511 g/mol. The number of benzene rings is 2. The van der Waals surface area contributed by atoms with Crippen LogP contribution < -0.4 is 14.8 Å². The molecule has 4 aromatic rings. The molecule has 0 aliphatic heterocycles. The maximum Gasteiger partial charge on any atom is 0.387 e. The van der Waals surface area contributed by atoms with Crippen molar-refractivity contribution in [2.24, 2.45) is 0 Å². The lowest BCUT2D eigenvalue weighted by molar-refractivity contribution is -0.0498. The van der Waals surface area contributed by atoms with Gasteiger partial charge in [0.25, 0.3) is 5.91 Å². The summed E-state index contributed by atoms with van der Waals surface area (Å²) in [4.78, 5) is 16.9. The highest BCUT2D eigenvalue weighted by atomic mass is 35.5. The SMILES string of the molecule is O=C(Nc1nc(-c2ccc(OC(F)F)cc2)cs1)c1ccn(COc2ccc(Cl)cc2Cl)n1. The third kappa shape index (κ3) is 5.98. The molecule has 33 heavy (non-hydrogen) atoms. The summed E-state index contributed by atoms with van der Waals surface area (Å²) >= 11 is 13.2. The standard InChI is InChI=1S/C21H14Cl2F2N4O3S/c22-13-3-6-18(15(23)9-13)31-11-29-8-7-16(28-29)19(30)27-21-26-17(10-33-21)12-1-4-14(5-2-12)32-20(24)25/h1-10,20H,11H2,(H,26,27,30). The van der Waals surface area contributed by atoms with Crippen LogP contribution in [0.5, 0.6) is 11.5 Å². The molecular weight excluding hydrogens is 497 g/mol. The fourth-order valence-corrected chi connectivity index (χ4v) is 3.89. The molecule has 7 nitrogen and oxygen atoms in total. The minimum Gasteiger partial charge on any atom is -0.470 e. The highest BCUT2D eigenvalue weighted by Crippen LogP contribution is 2.28. The Kier molecular flexibility index (Phi) is 7.07. The van der Waals surface area contributed by atoms with Gasteiger partial charge in [0.2, 0.25) is 0 Å². The topological polar surface area (TPSA) is 78.3 Å². The summed E-state index contributed by atoms with van der Waals surface area (Å²) in [6.45, 7) is -2.84. The van der Waals surface area contributed by atoms with Crippen molar-refractivity contribution in [3.05, 3.63) is 75.8 Å². The van der Waals surface area contributed by atoms with E-state index in [1.807, 2.05) is 0 Å². The average Bonchev–Trinajstić information content (AvgIpc) is 3.43. The Labute approximate surface area is 200 Å². The van der Waals surface area contributed by atoms with Crippen molar-refractivity contribution in [2.75, 3.05) is 5.32 Å². The number of hydrogen-bond donors (Lipinski definition) is 1. The quantitative estimate of drug-likeness (QED) is 0.305. The fraction of sp³-hybridized carbons (Fsp3) is 0.0952. The summed E-state index contributed by atoms with van der Waals surface area (Å²) in [5, 5.41) is 9.82. The summed E-state index contributed by atoms with van der Waals surface area (Å²) < 4.78 is 35.9. The number of rotatable bonds is 8. The summed E-state index contributed by atoms with van der Waals surface area (Å²) in [6.07, 6.45) is 1.59. The van der Waals surface area contributed by atoms with Gasteiger partial charge in [-0.3, -0.25) is 10.1 Å². The van der Waals surface area contributed by atoms with E-state index in [9.17, 15) is 13.6 Å². The molecular formula is C21H14Cl2F2N4O3S. The lowest BCUT2D eigenvalue weighted by Crippen LogP contribution is -2.14. The fourth-order valence-electron chi connectivity index (χ4n) is 2.71. The van der Waals surface area contributed by atoms with Crippen LogP contribution in [0.15, 0.2) is 60.1 Å². The van der Waals surface area contributed by atoms with Crippen LogP contribution in [0.2, 0.25) is 10.0 Å². The zero-order valence-corrected chi connectivity index (χ0v) is 18.9. The van der Waals surface area contributed by atoms with Gasteiger partial charge in [-0.25, -0.2) is 9.67 Å². The molecule has 4 rings (SSSR count). The van der Waals surface area contributed by atoms with Crippen LogP contribution in [0.25, 0.3) is 11.3 Å². The first kappa shape index (κ1) is 23.0. The van der Waals surface area contributed by atoms with Gasteiger partial charge in [-0.05, 0) is 48.5 Å². The largest absolute Gasteiger partial charge is 0.470 e. The molecule has 0 aliphatic rings. The zero-order chi connectivity index (χ0) is 23.4. The number of amides is 1. The number of hydrogen-bond acceptors (Lipinski definition) is 6. The molecule has 0 fully saturated rings.